The lowest BCUT2D eigenvalue weighted by atomic mass is 10.0. The van der Waals surface area contributed by atoms with Crippen LogP contribution in [0.1, 0.15) is 20.3 Å². The van der Waals surface area contributed by atoms with Crippen molar-refractivity contribution in [2.75, 3.05) is 59.9 Å². The van der Waals surface area contributed by atoms with Gasteiger partial charge in [-0.2, -0.15) is 0 Å². The van der Waals surface area contributed by atoms with Crippen molar-refractivity contribution in [1.29, 1.82) is 0 Å². The molecular formula is C14H32N4. The topological polar surface area (TPSA) is 35.7 Å². The van der Waals surface area contributed by atoms with Crippen molar-refractivity contribution in [3.63, 3.8) is 0 Å². The average molecular weight is 256 g/mol. The number of likely N-dealkylation sites (N-methyl/N-ethyl adjacent to an activating group) is 1. The first kappa shape index (κ1) is 15.9. The van der Waals surface area contributed by atoms with Crippen LogP contribution in [0.4, 0.5) is 0 Å². The summed E-state index contributed by atoms with van der Waals surface area (Å²) < 4.78 is 0. The quantitative estimate of drug-likeness (QED) is 0.721. The maximum Gasteiger partial charge on any atom is 0.0170 e. The maximum absolute atomic E-state index is 6.18. The molecule has 1 aliphatic heterocycles. The second-order valence-electron chi connectivity index (χ2n) is 6.34. The first-order valence-electron chi connectivity index (χ1n) is 7.32. The lowest BCUT2D eigenvalue weighted by Gasteiger charge is -2.36. The summed E-state index contributed by atoms with van der Waals surface area (Å²) in [6, 6.07) is 0.346. The van der Waals surface area contributed by atoms with E-state index >= 15 is 0 Å². The van der Waals surface area contributed by atoms with Crippen LogP contribution in [-0.2, 0) is 0 Å². The second-order valence-corrected chi connectivity index (χ2v) is 6.34. The first-order chi connectivity index (χ1) is 8.47. The summed E-state index contributed by atoms with van der Waals surface area (Å²) in [4.78, 5) is 7.34. The van der Waals surface area contributed by atoms with Crippen LogP contribution in [0.25, 0.3) is 0 Å². The molecule has 0 spiro atoms. The van der Waals surface area contributed by atoms with Crippen molar-refractivity contribution in [2.24, 2.45) is 11.7 Å². The van der Waals surface area contributed by atoms with Gasteiger partial charge in [0.2, 0.25) is 0 Å². The van der Waals surface area contributed by atoms with Crippen molar-refractivity contribution < 1.29 is 0 Å². The van der Waals surface area contributed by atoms with Gasteiger partial charge in [0.15, 0.2) is 0 Å². The zero-order valence-electron chi connectivity index (χ0n) is 12.7. The molecule has 2 N–H and O–H groups in total. The molecule has 0 aromatic heterocycles. The van der Waals surface area contributed by atoms with E-state index in [-0.39, 0.29) is 0 Å². The molecule has 1 rings (SSSR count). The summed E-state index contributed by atoms with van der Waals surface area (Å²) in [5, 5.41) is 0. The van der Waals surface area contributed by atoms with Gasteiger partial charge in [0.25, 0.3) is 0 Å². The van der Waals surface area contributed by atoms with Gasteiger partial charge in [0.1, 0.15) is 0 Å². The minimum Gasteiger partial charge on any atom is -0.327 e. The van der Waals surface area contributed by atoms with Crippen LogP contribution in [0.2, 0.25) is 0 Å². The molecule has 0 aromatic carbocycles. The maximum atomic E-state index is 6.18. The highest BCUT2D eigenvalue weighted by Gasteiger charge is 2.18. The number of hydrogen-bond acceptors (Lipinski definition) is 4. The number of nitrogens with zero attached hydrogens (tertiary/aromatic N) is 3. The van der Waals surface area contributed by atoms with E-state index in [1.54, 1.807) is 0 Å². The average Bonchev–Trinajstić information content (AvgIpc) is 2.26. The predicted octanol–water partition coefficient (Wildman–Crippen LogP) is 0.539. The molecule has 1 atom stereocenters. The highest BCUT2D eigenvalue weighted by atomic mass is 15.3. The molecule has 0 radical (unpaired) electrons. The van der Waals surface area contributed by atoms with Gasteiger partial charge in [-0.15, -0.1) is 0 Å². The molecule has 0 aliphatic carbocycles. The van der Waals surface area contributed by atoms with Crippen molar-refractivity contribution in [3.05, 3.63) is 0 Å². The van der Waals surface area contributed by atoms with Gasteiger partial charge in [-0.25, -0.2) is 0 Å². The molecule has 0 saturated carbocycles. The molecule has 0 bridgehead atoms. The third kappa shape index (κ3) is 6.69. The molecule has 4 heteroatoms. The molecule has 108 valence electrons. The zero-order chi connectivity index (χ0) is 13.5. The number of piperazine rings is 1. The standard InChI is InChI=1S/C14H32N4/c1-13(2)11-14(15)12-18-9-7-17(8-10-18)6-5-16(3)4/h13-14H,5-12,15H2,1-4H3. The SMILES string of the molecule is CC(C)CC(N)CN1CCN(CCN(C)C)CC1. The van der Waals surface area contributed by atoms with Crippen LogP contribution in [0.5, 0.6) is 0 Å². The molecule has 0 amide bonds. The largest absolute Gasteiger partial charge is 0.327 e. The Bertz CT molecular complexity index is 210. The molecule has 18 heavy (non-hydrogen) atoms. The predicted molar refractivity (Wildman–Crippen MR) is 78.9 cm³/mol. The summed E-state index contributed by atoms with van der Waals surface area (Å²) in [5.74, 6) is 0.710. The molecule has 0 aromatic rings. The third-order valence-electron chi connectivity index (χ3n) is 3.60. The Morgan fingerprint density at radius 2 is 1.61 bits per heavy atom. The van der Waals surface area contributed by atoms with Gasteiger partial charge < -0.3 is 10.6 Å². The summed E-state index contributed by atoms with van der Waals surface area (Å²) in [6.45, 7) is 12.7. The van der Waals surface area contributed by atoms with E-state index < -0.39 is 0 Å². The van der Waals surface area contributed by atoms with E-state index in [9.17, 15) is 0 Å². The van der Waals surface area contributed by atoms with Crippen LogP contribution in [-0.4, -0.2) is 80.7 Å². The summed E-state index contributed by atoms with van der Waals surface area (Å²) in [5.41, 5.74) is 6.18. The fourth-order valence-electron chi connectivity index (χ4n) is 2.55. The molecule has 1 aliphatic rings. The fourth-order valence-corrected chi connectivity index (χ4v) is 2.55. The molecule has 1 saturated heterocycles. The monoisotopic (exact) mass is 256 g/mol. The Balaban J connectivity index is 2.15. The number of rotatable bonds is 7. The normalized spacial score (nSPS) is 20.8. The summed E-state index contributed by atoms with van der Waals surface area (Å²) in [7, 11) is 4.28. The Morgan fingerprint density at radius 3 is 2.11 bits per heavy atom. The lowest BCUT2D eigenvalue weighted by molar-refractivity contribution is 0.118. The van der Waals surface area contributed by atoms with E-state index in [4.69, 9.17) is 5.73 Å². The zero-order valence-corrected chi connectivity index (χ0v) is 12.7. The molecular weight excluding hydrogens is 224 g/mol. The highest BCUT2D eigenvalue weighted by Crippen LogP contribution is 2.07. The smallest absolute Gasteiger partial charge is 0.0170 e. The highest BCUT2D eigenvalue weighted by molar-refractivity contribution is 4.76. The number of hydrogen-bond donors (Lipinski definition) is 1. The van der Waals surface area contributed by atoms with Gasteiger partial charge in [-0.3, -0.25) is 9.80 Å². The van der Waals surface area contributed by atoms with E-state index in [0.717, 1.165) is 19.5 Å². The Morgan fingerprint density at radius 1 is 1.06 bits per heavy atom. The van der Waals surface area contributed by atoms with E-state index in [1.165, 1.54) is 32.7 Å². The van der Waals surface area contributed by atoms with Crippen LogP contribution in [0.3, 0.4) is 0 Å². The lowest BCUT2D eigenvalue weighted by Crippen LogP contribution is -2.51. The van der Waals surface area contributed by atoms with Crippen LogP contribution >= 0.6 is 0 Å². The van der Waals surface area contributed by atoms with E-state index in [2.05, 4.69) is 42.6 Å². The van der Waals surface area contributed by atoms with E-state index in [0.29, 0.717) is 12.0 Å². The molecule has 1 unspecified atom stereocenters. The molecule has 4 nitrogen and oxygen atoms in total. The van der Waals surface area contributed by atoms with Gasteiger partial charge in [0, 0.05) is 51.9 Å². The summed E-state index contributed by atoms with van der Waals surface area (Å²) in [6.07, 6.45) is 1.14. The van der Waals surface area contributed by atoms with Crippen LogP contribution in [0, 0.1) is 5.92 Å². The Labute approximate surface area is 113 Å². The van der Waals surface area contributed by atoms with Crippen LogP contribution < -0.4 is 5.73 Å². The van der Waals surface area contributed by atoms with Crippen LogP contribution in [0.15, 0.2) is 0 Å². The first-order valence-corrected chi connectivity index (χ1v) is 7.32. The van der Waals surface area contributed by atoms with Crippen molar-refractivity contribution >= 4 is 0 Å². The van der Waals surface area contributed by atoms with Crippen molar-refractivity contribution in [2.45, 2.75) is 26.3 Å². The molecule has 1 fully saturated rings. The third-order valence-corrected chi connectivity index (χ3v) is 3.60. The number of nitrogens with two attached hydrogens (primary N) is 1. The van der Waals surface area contributed by atoms with Crippen molar-refractivity contribution in [1.82, 2.24) is 14.7 Å². The minimum atomic E-state index is 0.346. The van der Waals surface area contributed by atoms with Gasteiger partial charge in [0.05, 0.1) is 0 Å². The van der Waals surface area contributed by atoms with E-state index in [1.807, 2.05) is 0 Å². The minimum absolute atomic E-state index is 0.346. The molecule has 1 heterocycles. The Hall–Kier alpha value is -0.160. The van der Waals surface area contributed by atoms with Crippen molar-refractivity contribution in [3.8, 4) is 0 Å². The Kier molecular flexibility index (Phi) is 7.15. The summed E-state index contributed by atoms with van der Waals surface area (Å²) >= 11 is 0. The fraction of sp³-hybridized carbons (Fsp3) is 1.00. The van der Waals surface area contributed by atoms with Gasteiger partial charge >= 0.3 is 0 Å². The second kappa shape index (κ2) is 8.10. The van der Waals surface area contributed by atoms with Gasteiger partial charge in [-0.1, -0.05) is 13.8 Å². The van der Waals surface area contributed by atoms with Gasteiger partial charge in [-0.05, 0) is 26.4 Å².